The predicted molar refractivity (Wildman–Crippen MR) is 84.2 cm³/mol. The van der Waals surface area contributed by atoms with Gasteiger partial charge in [-0.1, -0.05) is 5.92 Å². The molecule has 0 saturated heterocycles. The summed E-state index contributed by atoms with van der Waals surface area (Å²) in [6.07, 6.45) is 6.66. The normalized spacial score (nSPS) is 10.1. The monoisotopic (exact) mass is 314 g/mol. The second-order valence-corrected chi connectivity index (χ2v) is 4.58. The Balaban J connectivity index is 2.44. The van der Waals surface area contributed by atoms with Crippen LogP contribution in [0, 0.1) is 18.2 Å². The number of nitrogens with two attached hydrogens (primary N) is 1. The number of anilines is 1. The predicted octanol–water partition coefficient (Wildman–Crippen LogP) is 1.42. The molecule has 0 atom stereocenters. The van der Waals surface area contributed by atoms with Crippen molar-refractivity contribution in [1.29, 1.82) is 0 Å². The van der Waals surface area contributed by atoms with Crippen LogP contribution < -0.4 is 11.1 Å². The van der Waals surface area contributed by atoms with Crippen LogP contribution in [0.15, 0.2) is 24.4 Å². The third-order valence-electron chi connectivity index (χ3n) is 3.01. The van der Waals surface area contributed by atoms with Crippen LogP contribution in [0.25, 0.3) is 11.3 Å². The summed E-state index contributed by atoms with van der Waals surface area (Å²) in [5.74, 6) is 1.34. The average molecular weight is 314 g/mol. The fourth-order valence-corrected chi connectivity index (χ4v) is 1.90. The zero-order chi connectivity index (χ0) is 16.8. The second kappa shape index (κ2) is 7.33. The van der Waals surface area contributed by atoms with Crippen LogP contribution in [0.3, 0.4) is 0 Å². The highest BCUT2D eigenvalue weighted by Gasteiger charge is 2.15. The minimum absolute atomic E-state index is 0.0795. The average Bonchev–Trinajstić information content (AvgIpc) is 2.55. The van der Waals surface area contributed by atoms with Gasteiger partial charge in [-0.2, -0.15) is 0 Å². The molecule has 0 aliphatic heterocycles. The summed E-state index contributed by atoms with van der Waals surface area (Å²) < 4.78 is 18.9. The van der Waals surface area contributed by atoms with Crippen molar-refractivity contribution < 1.29 is 13.9 Å². The summed E-state index contributed by atoms with van der Waals surface area (Å²) in [6, 6.07) is 4.17. The van der Waals surface area contributed by atoms with Gasteiger partial charge >= 0.3 is 0 Å². The number of hydrogen-bond donors (Lipinski definition) is 2. The van der Waals surface area contributed by atoms with Gasteiger partial charge in [-0.3, -0.25) is 4.79 Å². The quantitative estimate of drug-likeness (QED) is 0.622. The number of halogens is 1. The number of amides is 1. The Hall–Kier alpha value is -2.98. The third kappa shape index (κ3) is 3.81. The van der Waals surface area contributed by atoms with Crippen LogP contribution in [-0.2, 0) is 4.74 Å². The van der Waals surface area contributed by atoms with Crippen molar-refractivity contribution in [3.63, 3.8) is 0 Å². The lowest BCUT2D eigenvalue weighted by Gasteiger charge is -2.10. The Labute approximate surface area is 132 Å². The number of hydrogen-bond acceptors (Lipinski definition) is 5. The molecule has 0 spiro atoms. The number of ether oxygens (including phenoxy) is 1. The minimum Gasteiger partial charge on any atom is -0.383 e. The van der Waals surface area contributed by atoms with E-state index in [1.54, 1.807) is 7.11 Å². The molecule has 0 fully saturated rings. The SMILES string of the molecule is C#Cc1ccc(F)c(-c2cnc(NCCOC)c(C(N)=O)n2)c1. The van der Waals surface area contributed by atoms with Gasteiger partial charge in [0.05, 0.1) is 18.5 Å². The van der Waals surface area contributed by atoms with Crippen LogP contribution >= 0.6 is 0 Å². The molecule has 0 aliphatic carbocycles. The highest BCUT2D eigenvalue weighted by molar-refractivity contribution is 5.96. The maximum Gasteiger partial charge on any atom is 0.271 e. The number of rotatable bonds is 6. The number of nitrogens with one attached hydrogen (secondary N) is 1. The molecule has 0 saturated carbocycles. The highest BCUT2D eigenvalue weighted by Crippen LogP contribution is 2.23. The standard InChI is InChI=1S/C16H15FN4O2/c1-3-10-4-5-12(17)11(8-10)13-9-20-16(19-6-7-23-2)14(21-13)15(18)22/h1,4-5,8-9H,6-7H2,2H3,(H2,18,22)(H,19,20). The van der Waals surface area contributed by atoms with E-state index in [0.29, 0.717) is 18.7 Å². The number of carbonyl (C=O) groups is 1. The van der Waals surface area contributed by atoms with E-state index < -0.39 is 11.7 Å². The fourth-order valence-electron chi connectivity index (χ4n) is 1.90. The van der Waals surface area contributed by atoms with Gasteiger partial charge in [-0.15, -0.1) is 6.42 Å². The zero-order valence-electron chi connectivity index (χ0n) is 12.5. The molecule has 1 heterocycles. The van der Waals surface area contributed by atoms with Crippen molar-refractivity contribution in [1.82, 2.24) is 9.97 Å². The lowest BCUT2D eigenvalue weighted by molar-refractivity contribution is 0.0996. The summed E-state index contributed by atoms with van der Waals surface area (Å²) >= 11 is 0. The van der Waals surface area contributed by atoms with Gasteiger partial charge in [0.1, 0.15) is 5.82 Å². The molecular formula is C16H15FN4O2. The first kappa shape index (κ1) is 16.4. The Kier molecular flexibility index (Phi) is 5.23. The minimum atomic E-state index is -0.771. The fraction of sp³-hybridized carbons (Fsp3) is 0.188. The van der Waals surface area contributed by atoms with Crippen molar-refractivity contribution in [3.8, 4) is 23.6 Å². The summed E-state index contributed by atoms with van der Waals surface area (Å²) in [7, 11) is 1.55. The van der Waals surface area contributed by atoms with Crippen LogP contribution in [0.5, 0.6) is 0 Å². The van der Waals surface area contributed by atoms with E-state index in [1.165, 1.54) is 24.4 Å². The Bertz CT molecular complexity index is 771. The third-order valence-corrected chi connectivity index (χ3v) is 3.01. The molecule has 2 rings (SSSR count). The Morgan fingerprint density at radius 2 is 2.30 bits per heavy atom. The molecule has 118 valence electrons. The topological polar surface area (TPSA) is 90.1 Å². The first-order chi connectivity index (χ1) is 11.1. The maximum atomic E-state index is 14.0. The molecular weight excluding hydrogens is 299 g/mol. The molecule has 0 unspecified atom stereocenters. The van der Waals surface area contributed by atoms with Gasteiger partial charge in [0, 0.05) is 24.8 Å². The largest absolute Gasteiger partial charge is 0.383 e. The molecule has 6 nitrogen and oxygen atoms in total. The molecule has 2 aromatic rings. The van der Waals surface area contributed by atoms with Crippen LogP contribution in [-0.4, -0.2) is 36.1 Å². The Morgan fingerprint density at radius 3 is 2.96 bits per heavy atom. The van der Waals surface area contributed by atoms with Gasteiger partial charge < -0.3 is 15.8 Å². The van der Waals surface area contributed by atoms with E-state index in [2.05, 4.69) is 21.2 Å². The number of carbonyl (C=O) groups excluding carboxylic acids is 1. The van der Waals surface area contributed by atoms with Gasteiger partial charge in [-0.25, -0.2) is 14.4 Å². The highest BCUT2D eigenvalue weighted by atomic mass is 19.1. The van der Waals surface area contributed by atoms with Crippen molar-refractivity contribution in [2.45, 2.75) is 0 Å². The molecule has 1 aromatic heterocycles. The summed E-state index contributed by atoms with van der Waals surface area (Å²) in [4.78, 5) is 19.8. The number of benzene rings is 1. The van der Waals surface area contributed by atoms with Crippen molar-refractivity contribution in [2.75, 3.05) is 25.6 Å². The van der Waals surface area contributed by atoms with Crippen LogP contribution in [0.2, 0.25) is 0 Å². The number of methoxy groups -OCH3 is 1. The van der Waals surface area contributed by atoms with Gasteiger partial charge in [0.25, 0.3) is 5.91 Å². The molecule has 23 heavy (non-hydrogen) atoms. The maximum absolute atomic E-state index is 14.0. The van der Waals surface area contributed by atoms with E-state index >= 15 is 0 Å². The van der Waals surface area contributed by atoms with Crippen LogP contribution in [0.1, 0.15) is 16.1 Å². The number of terminal acetylenes is 1. The number of aromatic nitrogens is 2. The molecule has 1 amide bonds. The summed E-state index contributed by atoms with van der Waals surface area (Å²) in [5, 5.41) is 2.89. The van der Waals surface area contributed by atoms with Gasteiger partial charge in [0.2, 0.25) is 0 Å². The van der Waals surface area contributed by atoms with E-state index in [4.69, 9.17) is 16.9 Å². The van der Waals surface area contributed by atoms with E-state index in [-0.39, 0.29) is 22.8 Å². The van der Waals surface area contributed by atoms with Gasteiger partial charge in [-0.05, 0) is 18.2 Å². The first-order valence-corrected chi connectivity index (χ1v) is 6.73. The zero-order valence-corrected chi connectivity index (χ0v) is 12.5. The summed E-state index contributed by atoms with van der Waals surface area (Å²) in [6.45, 7) is 0.840. The number of nitrogens with zero attached hydrogens (tertiary/aromatic N) is 2. The molecule has 0 bridgehead atoms. The second-order valence-electron chi connectivity index (χ2n) is 4.58. The molecule has 0 aliphatic rings. The summed E-state index contributed by atoms with van der Waals surface area (Å²) in [5.41, 5.74) is 6.06. The molecule has 3 N–H and O–H groups in total. The van der Waals surface area contributed by atoms with Crippen LogP contribution in [0.4, 0.5) is 10.2 Å². The molecule has 0 radical (unpaired) electrons. The number of primary amides is 1. The van der Waals surface area contributed by atoms with E-state index in [9.17, 15) is 9.18 Å². The smallest absolute Gasteiger partial charge is 0.271 e. The van der Waals surface area contributed by atoms with Gasteiger partial charge in [0.15, 0.2) is 11.5 Å². The van der Waals surface area contributed by atoms with E-state index in [1.807, 2.05) is 0 Å². The lowest BCUT2D eigenvalue weighted by Crippen LogP contribution is -2.19. The molecule has 7 heteroatoms. The van der Waals surface area contributed by atoms with Crippen molar-refractivity contribution in [3.05, 3.63) is 41.5 Å². The van der Waals surface area contributed by atoms with E-state index in [0.717, 1.165) is 0 Å². The van der Waals surface area contributed by atoms with Crippen molar-refractivity contribution >= 4 is 11.7 Å². The lowest BCUT2D eigenvalue weighted by atomic mass is 10.1. The first-order valence-electron chi connectivity index (χ1n) is 6.73. The van der Waals surface area contributed by atoms with Crippen molar-refractivity contribution in [2.24, 2.45) is 5.73 Å². The molecule has 1 aromatic carbocycles. The Morgan fingerprint density at radius 1 is 1.52 bits per heavy atom.